The van der Waals surface area contributed by atoms with Crippen molar-refractivity contribution in [1.82, 2.24) is 0 Å². The number of hydrogen-bond acceptors (Lipinski definition) is 2. The maximum atomic E-state index is 13.5. The number of carbonyl (C=O) groups is 2. The van der Waals surface area contributed by atoms with Crippen molar-refractivity contribution >= 4 is 23.2 Å². The lowest BCUT2D eigenvalue weighted by molar-refractivity contribution is -0.138. The van der Waals surface area contributed by atoms with Crippen molar-refractivity contribution in [3.8, 4) is 0 Å². The Morgan fingerprint density at radius 3 is 2.27 bits per heavy atom. The molecule has 0 aromatic heterocycles. The van der Waals surface area contributed by atoms with Gasteiger partial charge >= 0.3 is 0 Å². The molecule has 2 N–H and O–H groups in total. The van der Waals surface area contributed by atoms with E-state index in [1.807, 2.05) is 24.3 Å². The second kappa shape index (κ2) is 4.40. The van der Waals surface area contributed by atoms with Gasteiger partial charge in [0.15, 0.2) is 0 Å². The van der Waals surface area contributed by atoms with Gasteiger partial charge in [-0.1, -0.05) is 18.2 Å². The first-order chi connectivity index (χ1) is 10.6. The van der Waals surface area contributed by atoms with E-state index in [1.54, 1.807) is 0 Å². The molecule has 2 heterocycles. The van der Waals surface area contributed by atoms with Gasteiger partial charge in [-0.25, -0.2) is 4.39 Å². The van der Waals surface area contributed by atoms with Crippen molar-refractivity contribution in [3.05, 3.63) is 59.4 Å². The Bertz CT molecular complexity index is 818. The van der Waals surface area contributed by atoms with E-state index in [9.17, 15) is 14.0 Å². The minimum absolute atomic E-state index is 0.200. The molecule has 0 bridgehead atoms. The number of amides is 2. The average molecular weight is 296 g/mol. The molecule has 2 aromatic rings. The molecule has 1 atom stereocenters. The number of nitrogens with one attached hydrogen (secondary N) is 2. The Balaban J connectivity index is 1.81. The summed E-state index contributed by atoms with van der Waals surface area (Å²) in [4.78, 5) is 25.1. The van der Waals surface area contributed by atoms with Crippen molar-refractivity contribution in [2.24, 2.45) is 5.41 Å². The summed E-state index contributed by atoms with van der Waals surface area (Å²) in [7, 11) is 0. The number of fused-ring (bicyclic) bond motifs is 2. The van der Waals surface area contributed by atoms with Gasteiger partial charge in [0.05, 0.1) is 0 Å². The highest BCUT2D eigenvalue weighted by Gasteiger charge is 2.51. The van der Waals surface area contributed by atoms with E-state index in [0.717, 1.165) is 11.3 Å². The number of hydrogen-bond donors (Lipinski definition) is 2. The molecule has 2 aliphatic rings. The topological polar surface area (TPSA) is 58.2 Å². The smallest absolute Gasteiger partial charge is 0.240 e. The monoisotopic (exact) mass is 296 g/mol. The first-order valence-electron chi connectivity index (χ1n) is 7.08. The SMILES string of the molecule is O=C1Nc2ccccc2CC12Cc1cc(F)ccc1NC2=O. The molecule has 110 valence electrons. The zero-order valence-corrected chi connectivity index (χ0v) is 11.7. The fourth-order valence-electron chi connectivity index (χ4n) is 3.25. The largest absolute Gasteiger partial charge is 0.325 e. The van der Waals surface area contributed by atoms with Crippen LogP contribution in [-0.2, 0) is 22.4 Å². The molecular formula is C17H13FN2O2. The molecule has 2 aromatic carbocycles. The Kier molecular flexibility index (Phi) is 2.60. The molecule has 0 saturated carbocycles. The van der Waals surface area contributed by atoms with Crippen LogP contribution in [0, 0.1) is 11.2 Å². The summed E-state index contributed by atoms with van der Waals surface area (Å²) in [6.07, 6.45) is 0.517. The molecule has 1 spiro atoms. The standard InChI is InChI=1S/C17H13FN2O2/c18-12-5-6-14-11(7-12)9-17(16(22)20-14)8-10-3-1-2-4-13(10)19-15(17)21/h1-7H,8-9H2,(H,19,21)(H,20,22). The van der Waals surface area contributed by atoms with Crippen LogP contribution < -0.4 is 10.6 Å². The minimum Gasteiger partial charge on any atom is -0.325 e. The highest BCUT2D eigenvalue weighted by atomic mass is 19.1. The van der Waals surface area contributed by atoms with Gasteiger partial charge in [-0.15, -0.1) is 0 Å². The van der Waals surface area contributed by atoms with Gasteiger partial charge in [-0.3, -0.25) is 9.59 Å². The summed E-state index contributed by atoms with van der Waals surface area (Å²) in [6.45, 7) is 0. The van der Waals surface area contributed by atoms with Gasteiger partial charge in [0, 0.05) is 11.4 Å². The Labute approximate surface area is 126 Å². The minimum atomic E-state index is -1.21. The zero-order chi connectivity index (χ0) is 15.3. The Hall–Kier alpha value is -2.69. The summed E-state index contributed by atoms with van der Waals surface area (Å²) in [6, 6.07) is 11.6. The molecule has 5 heteroatoms. The molecule has 4 nitrogen and oxygen atoms in total. The number of carbonyl (C=O) groups excluding carboxylic acids is 2. The fraction of sp³-hybridized carbons (Fsp3) is 0.176. The second-order valence-corrected chi connectivity index (χ2v) is 5.80. The molecule has 1 unspecified atom stereocenters. The van der Waals surface area contributed by atoms with Gasteiger partial charge in [0.1, 0.15) is 11.2 Å². The van der Waals surface area contributed by atoms with Crippen LogP contribution in [0.5, 0.6) is 0 Å². The van der Waals surface area contributed by atoms with Crippen LogP contribution in [0.4, 0.5) is 15.8 Å². The van der Waals surface area contributed by atoms with E-state index in [1.165, 1.54) is 18.2 Å². The highest BCUT2D eigenvalue weighted by molar-refractivity contribution is 6.17. The molecule has 0 aliphatic carbocycles. The Morgan fingerprint density at radius 2 is 1.50 bits per heavy atom. The van der Waals surface area contributed by atoms with E-state index < -0.39 is 5.41 Å². The predicted octanol–water partition coefficient (Wildman–Crippen LogP) is 2.50. The maximum Gasteiger partial charge on any atom is 0.240 e. The first-order valence-corrected chi connectivity index (χ1v) is 7.08. The third kappa shape index (κ3) is 1.75. The summed E-state index contributed by atoms with van der Waals surface area (Å²) in [5.41, 5.74) is 1.65. The number of halogens is 1. The number of anilines is 2. The third-order valence-electron chi connectivity index (χ3n) is 4.43. The van der Waals surface area contributed by atoms with E-state index >= 15 is 0 Å². The molecule has 0 fully saturated rings. The molecule has 4 rings (SSSR count). The van der Waals surface area contributed by atoms with Crippen LogP contribution in [0.3, 0.4) is 0 Å². The van der Waals surface area contributed by atoms with Crippen molar-refractivity contribution in [3.63, 3.8) is 0 Å². The van der Waals surface area contributed by atoms with Crippen LogP contribution >= 0.6 is 0 Å². The number of para-hydroxylation sites is 1. The van der Waals surface area contributed by atoms with Gasteiger partial charge in [0.2, 0.25) is 11.8 Å². The normalized spacial score (nSPS) is 22.6. The zero-order valence-electron chi connectivity index (χ0n) is 11.7. The lowest BCUT2D eigenvalue weighted by Gasteiger charge is -2.39. The molecule has 2 aliphatic heterocycles. The van der Waals surface area contributed by atoms with E-state index in [-0.39, 0.29) is 24.1 Å². The lowest BCUT2D eigenvalue weighted by Crippen LogP contribution is -2.53. The molecule has 22 heavy (non-hydrogen) atoms. The lowest BCUT2D eigenvalue weighted by atomic mass is 9.70. The molecular weight excluding hydrogens is 283 g/mol. The quantitative estimate of drug-likeness (QED) is 0.734. The van der Waals surface area contributed by atoms with Gasteiger partial charge in [-0.05, 0) is 48.2 Å². The van der Waals surface area contributed by atoms with Crippen LogP contribution in [0.2, 0.25) is 0 Å². The summed E-state index contributed by atoms with van der Waals surface area (Å²) in [5, 5.41) is 5.55. The van der Waals surface area contributed by atoms with Crippen molar-refractivity contribution in [2.75, 3.05) is 10.6 Å². The van der Waals surface area contributed by atoms with Gasteiger partial charge in [0.25, 0.3) is 0 Å². The van der Waals surface area contributed by atoms with E-state index in [2.05, 4.69) is 10.6 Å². The summed E-state index contributed by atoms with van der Waals surface area (Å²) >= 11 is 0. The molecule has 0 saturated heterocycles. The van der Waals surface area contributed by atoms with Crippen molar-refractivity contribution in [1.29, 1.82) is 0 Å². The van der Waals surface area contributed by atoms with Gasteiger partial charge < -0.3 is 10.6 Å². The second-order valence-electron chi connectivity index (χ2n) is 5.80. The molecule has 2 amide bonds. The van der Waals surface area contributed by atoms with E-state index in [0.29, 0.717) is 17.7 Å². The number of rotatable bonds is 0. The van der Waals surface area contributed by atoms with Crippen LogP contribution in [-0.4, -0.2) is 11.8 Å². The van der Waals surface area contributed by atoms with Crippen LogP contribution in [0.1, 0.15) is 11.1 Å². The molecule has 0 radical (unpaired) electrons. The van der Waals surface area contributed by atoms with E-state index in [4.69, 9.17) is 0 Å². The summed E-state index contributed by atoms with van der Waals surface area (Å²) in [5.74, 6) is -1.04. The van der Waals surface area contributed by atoms with Crippen LogP contribution in [0.25, 0.3) is 0 Å². The number of benzene rings is 2. The summed E-state index contributed by atoms with van der Waals surface area (Å²) < 4.78 is 13.5. The fourth-order valence-corrected chi connectivity index (χ4v) is 3.25. The van der Waals surface area contributed by atoms with Crippen LogP contribution in [0.15, 0.2) is 42.5 Å². The predicted molar refractivity (Wildman–Crippen MR) is 79.9 cm³/mol. The van der Waals surface area contributed by atoms with Crippen molar-refractivity contribution < 1.29 is 14.0 Å². The maximum absolute atomic E-state index is 13.5. The van der Waals surface area contributed by atoms with Crippen molar-refractivity contribution in [2.45, 2.75) is 12.8 Å². The highest BCUT2D eigenvalue weighted by Crippen LogP contribution is 2.41. The van der Waals surface area contributed by atoms with Gasteiger partial charge in [-0.2, -0.15) is 0 Å². The first kappa shape index (κ1) is 13.0. The Morgan fingerprint density at radius 1 is 0.864 bits per heavy atom. The third-order valence-corrected chi connectivity index (χ3v) is 4.43. The average Bonchev–Trinajstić information content (AvgIpc) is 2.50.